The highest BCUT2D eigenvalue weighted by atomic mass is 32.2. The number of nitrogens with one attached hydrogen (secondary N) is 1. The Morgan fingerprint density at radius 2 is 2.05 bits per heavy atom. The van der Waals surface area contributed by atoms with Crippen molar-refractivity contribution in [3.63, 3.8) is 0 Å². The van der Waals surface area contributed by atoms with Crippen molar-refractivity contribution < 1.29 is 28.7 Å². The lowest BCUT2D eigenvalue weighted by Gasteiger charge is -2.16. The van der Waals surface area contributed by atoms with E-state index in [2.05, 4.69) is 10.1 Å². The van der Waals surface area contributed by atoms with Crippen LogP contribution in [0.25, 0.3) is 0 Å². The van der Waals surface area contributed by atoms with Crippen LogP contribution in [0.15, 0.2) is 30.2 Å². The van der Waals surface area contributed by atoms with Crippen molar-refractivity contribution in [1.29, 1.82) is 0 Å². The second-order valence-corrected chi connectivity index (χ2v) is 5.22. The molecule has 1 atom stereocenters. The maximum Gasteiger partial charge on any atom is 0.325 e. The number of esters is 1. The lowest BCUT2D eigenvalue weighted by molar-refractivity contribution is -0.143. The van der Waals surface area contributed by atoms with E-state index >= 15 is 0 Å². The molecule has 0 saturated heterocycles. The number of amides is 1. The van der Waals surface area contributed by atoms with Gasteiger partial charge in [0.25, 0.3) is 0 Å². The first kappa shape index (κ1) is 10.0. The molecule has 1 aromatic carbocycles. The summed E-state index contributed by atoms with van der Waals surface area (Å²) in [6.45, 7) is 2.34. The fourth-order valence-electron chi connectivity index (χ4n) is 1.37. The van der Waals surface area contributed by atoms with E-state index in [9.17, 15) is 14.4 Å². The van der Waals surface area contributed by atoms with Gasteiger partial charge in [-0.05, 0) is 18.9 Å². The number of rotatable bonds is 8. The van der Waals surface area contributed by atoms with Crippen LogP contribution in [-0.2, 0) is 25.5 Å². The number of carbonyl (C=O) groups is 3. The summed E-state index contributed by atoms with van der Waals surface area (Å²) in [7, 11) is 0. The van der Waals surface area contributed by atoms with Crippen LogP contribution in [0.4, 0.5) is 0 Å². The van der Waals surface area contributed by atoms with E-state index in [0.29, 0.717) is 11.8 Å². The normalized spacial score (nSPS) is 16.7. The van der Waals surface area contributed by atoms with E-state index in [4.69, 9.17) is 9.60 Å². The second-order valence-electron chi connectivity index (χ2n) is 4.02. The van der Waals surface area contributed by atoms with Gasteiger partial charge in [-0.2, -0.15) is 0 Å². The third kappa shape index (κ3) is 7.26. The zero-order valence-corrected chi connectivity index (χ0v) is 13.1. The first-order chi connectivity index (χ1) is 13.4. The van der Waals surface area contributed by atoms with Gasteiger partial charge < -0.3 is 10.1 Å². The Kier molecular flexibility index (Phi) is 4.57. The molecule has 1 unspecified atom stereocenters. The molecule has 0 aliphatic rings. The summed E-state index contributed by atoms with van der Waals surface area (Å²) in [5.74, 6) is -3.68. The molecule has 0 aromatic heterocycles. The van der Waals surface area contributed by atoms with Crippen LogP contribution >= 0.6 is 11.8 Å². The maximum atomic E-state index is 12.6. The van der Waals surface area contributed by atoms with Gasteiger partial charge in [-0.15, -0.1) is 0 Å². The maximum absolute atomic E-state index is 12.6. The molecule has 0 saturated carbocycles. The standard InChI is InChI=1S/C16H21NO4S/c1-3-21-15(19)10-17-16(20)14(11-22-12(2)18)9-13-7-5-4-6-8-13/h4-8,14H,3,9-11H2,1-2H3,(H,17,20)/i4D,5D,6D,7D,8D,9D2. The van der Waals surface area contributed by atoms with Gasteiger partial charge in [0, 0.05) is 15.4 Å². The first-order valence-electron chi connectivity index (χ1n) is 10.00. The largest absolute Gasteiger partial charge is 0.465 e. The van der Waals surface area contributed by atoms with E-state index in [0.717, 1.165) is 0 Å². The van der Waals surface area contributed by atoms with Crippen molar-refractivity contribution in [2.24, 2.45) is 5.92 Å². The molecule has 0 bridgehead atoms. The van der Waals surface area contributed by atoms with Gasteiger partial charge in [0.1, 0.15) is 6.54 Å². The minimum atomic E-state index is -2.73. The first-order valence-corrected chi connectivity index (χ1v) is 7.48. The molecule has 0 fully saturated rings. The van der Waals surface area contributed by atoms with Gasteiger partial charge in [0.15, 0.2) is 5.12 Å². The van der Waals surface area contributed by atoms with Crippen LogP contribution in [0.5, 0.6) is 0 Å². The highest BCUT2D eigenvalue weighted by molar-refractivity contribution is 8.13. The summed E-state index contributed by atoms with van der Waals surface area (Å²) < 4.78 is 60.5. The molecule has 5 nitrogen and oxygen atoms in total. The third-order valence-corrected chi connectivity index (χ3v) is 3.21. The molecule has 0 spiro atoms. The zero-order chi connectivity index (χ0) is 22.5. The van der Waals surface area contributed by atoms with Gasteiger partial charge in [0.2, 0.25) is 5.91 Å². The predicted octanol–water partition coefficient (Wildman–Crippen LogP) is 1.80. The van der Waals surface area contributed by atoms with E-state index in [1.165, 1.54) is 6.92 Å². The number of hydrogen-bond acceptors (Lipinski definition) is 5. The monoisotopic (exact) mass is 330 g/mol. The Bertz CT molecular complexity index is 790. The average Bonchev–Trinajstić information content (AvgIpc) is 2.63. The number of carbonyl (C=O) groups excluding carboxylic acids is 3. The highest BCUT2D eigenvalue weighted by Crippen LogP contribution is 2.15. The van der Waals surface area contributed by atoms with E-state index in [1.54, 1.807) is 6.92 Å². The molecule has 1 aromatic rings. The SMILES string of the molecule is [2H]c1c([2H])c([2H])c(C([2H])([2H])C(CSC(C)=O)C(=O)NCC(=O)OCC)c([2H])c1[2H]. The molecule has 1 N–H and O–H groups in total. The Morgan fingerprint density at radius 1 is 1.36 bits per heavy atom. The quantitative estimate of drug-likeness (QED) is 0.736. The van der Waals surface area contributed by atoms with Crippen molar-refractivity contribution in [1.82, 2.24) is 5.32 Å². The summed E-state index contributed by atoms with van der Waals surface area (Å²) in [4.78, 5) is 35.4. The van der Waals surface area contributed by atoms with Gasteiger partial charge in [0.05, 0.1) is 19.4 Å². The molecule has 0 aliphatic carbocycles. The summed E-state index contributed by atoms with van der Waals surface area (Å²) in [5, 5.41) is 1.82. The molecule has 1 amide bonds. The molecular formula is C16H21NO4S. The lowest BCUT2D eigenvalue weighted by atomic mass is 10.0. The highest BCUT2D eigenvalue weighted by Gasteiger charge is 2.20. The Morgan fingerprint density at radius 3 is 2.64 bits per heavy atom. The van der Waals surface area contributed by atoms with Crippen LogP contribution < -0.4 is 5.32 Å². The van der Waals surface area contributed by atoms with Crippen molar-refractivity contribution >= 4 is 28.8 Å². The summed E-state index contributed by atoms with van der Waals surface area (Å²) in [6.07, 6.45) is -2.73. The topological polar surface area (TPSA) is 72.5 Å². The lowest BCUT2D eigenvalue weighted by Crippen LogP contribution is -2.37. The van der Waals surface area contributed by atoms with Crippen molar-refractivity contribution in [3.8, 4) is 0 Å². The van der Waals surface area contributed by atoms with E-state index in [1.807, 2.05) is 0 Å². The number of thioether (sulfide) groups is 1. The number of hydrogen-bond donors (Lipinski definition) is 1. The molecule has 6 heteroatoms. The van der Waals surface area contributed by atoms with Crippen molar-refractivity contribution in [2.45, 2.75) is 20.2 Å². The predicted molar refractivity (Wildman–Crippen MR) is 86.4 cm³/mol. The molecule has 0 heterocycles. The van der Waals surface area contributed by atoms with Crippen molar-refractivity contribution in [2.75, 3.05) is 18.9 Å². The van der Waals surface area contributed by atoms with E-state index in [-0.39, 0.29) is 12.4 Å². The molecule has 120 valence electrons. The van der Waals surface area contributed by atoms with Gasteiger partial charge in [-0.1, -0.05) is 42.0 Å². The van der Waals surface area contributed by atoms with Crippen molar-refractivity contribution in [3.05, 3.63) is 35.8 Å². The molecule has 0 radical (unpaired) electrons. The van der Waals surface area contributed by atoms with Gasteiger partial charge >= 0.3 is 5.97 Å². The van der Waals surface area contributed by atoms with Gasteiger partial charge in [-0.25, -0.2) is 0 Å². The summed E-state index contributed by atoms with van der Waals surface area (Å²) >= 11 is 0.648. The Labute approximate surface area is 144 Å². The Hall–Kier alpha value is -1.82. The van der Waals surface area contributed by atoms with Crippen LogP contribution in [0, 0.1) is 5.92 Å². The number of benzene rings is 1. The smallest absolute Gasteiger partial charge is 0.325 e. The fourth-order valence-corrected chi connectivity index (χ4v) is 2.01. The summed E-state index contributed by atoms with van der Waals surface area (Å²) in [5.41, 5.74) is -0.691. The zero-order valence-electron chi connectivity index (χ0n) is 19.2. The fraction of sp³-hybridized carbons (Fsp3) is 0.438. The molecule has 1 rings (SSSR count). The Balaban J connectivity index is 3.38. The average molecular weight is 330 g/mol. The molecular weight excluding hydrogens is 302 g/mol. The summed E-state index contributed by atoms with van der Waals surface area (Å²) in [6, 6.07) is -3.74. The second kappa shape index (κ2) is 10.00. The van der Waals surface area contributed by atoms with Gasteiger partial charge in [-0.3, -0.25) is 14.4 Å². The minimum Gasteiger partial charge on any atom is -0.465 e. The van der Waals surface area contributed by atoms with Crippen LogP contribution in [0.1, 0.15) is 29.0 Å². The third-order valence-electron chi connectivity index (χ3n) is 2.30. The van der Waals surface area contributed by atoms with E-state index < -0.39 is 71.6 Å². The van der Waals surface area contributed by atoms with Crippen LogP contribution in [0.2, 0.25) is 0 Å². The minimum absolute atomic E-state index is 0.0849. The van der Waals surface area contributed by atoms with Crippen LogP contribution in [0.3, 0.4) is 0 Å². The van der Waals surface area contributed by atoms with Crippen LogP contribution in [-0.4, -0.2) is 35.9 Å². The molecule has 0 aliphatic heterocycles. The number of ether oxygens (including phenoxy) is 1. The molecule has 22 heavy (non-hydrogen) atoms.